The van der Waals surface area contributed by atoms with Gasteiger partial charge in [0.1, 0.15) is 5.75 Å². The Bertz CT molecular complexity index is 439. The molecule has 100 valence electrons. The largest absolute Gasteiger partial charge is 0.497 e. The Hall–Kier alpha value is -1.02. The molecule has 0 unspecified atom stereocenters. The van der Waals surface area contributed by atoms with Crippen LogP contribution in [0.2, 0.25) is 0 Å². The van der Waals surface area contributed by atoms with Gasteiger partial charge in [-0.3, -0.25) is 0 Å². The van der Waals surface area contributed by atoms with Crippen LogP contribution in [-0.2, 0) is 11.8 Å². The fourth-order valence-electron chi connectivity index (χ4n) is 3.29. The van der Waals surface area contributed by atoms with Crippen molar-refractivity contribution >= 4 is 0 Å². The van der Waals surface area contributed by atoms with Crippen molar-refractivity contribution in [2.75, 3.05) is 13.7 Å². The van der Waals surface area contributed by atoms with Crippen LogP contribution >= 0.6 is 0 Å². The second kappa shape index (κ2) is 4.58. The van der Waals surface area contributed by atoms with E-state index in [4.69, 9.17) is 10.5 Å². The smallest absolute Gasteiger partial charge is 0.119 e. The van der Waals surface area contributed by atoms with E-state index in [2.05, 4.69) is 39.0 Å². The molecule has 0 heterocycles. The van der Waals surface area contributed by atoms with Crippen molar-refractivity contribution < 1.29 is 4.74 Å². The first-order valence-corrected chi connectivity index (χ1v) is 6.82. The van der Waals surface area contributed by atoms with E-state index in [0.717, 1.165) is 25.1 Å². The number of aryl methyl sites for hydroxylation is 1. The Labute approximate surface area is 111 Å². The van der Waals surface area contributed by atoms with E-state index < -0.39 is 0 Å². The molecule has 2 rings (SSSR count). The second-order valence-corrected chi connectivity index (χ2v) is 6.28. The van der Waals surface area contributed by atoms with Crippen LogP contribution in [0.15, 0.2) is 18.2 Å². The molecule has 18 heavy (non-hydrogen) atoms. The standard InChI is InChI=1S/C16H25NO/c1-15(2)8-7-12-11-13(18-4)5-6-14(12)16(15,3)9-10-17/h5-6,11H,7-10,17H2,1-4H3/t16-/m1/s1. The van der Waals surface area contributed by atoms with E-state index in [1.54, 1.807) is 7.11 Å². The van der Waals surface area contributed by atoms with Gasteiger partial charge in [0, 0.05) is 0 Å². The normalized spacial score (nSPS) is 25.6. The van der Waals surface area contributed by atoms with Crippen molar-refractivity contribution in [2.45, 2.75) is 45.4 Å². The third-order valence-corrected chi connectivity index (χ3v) is 5.06. The summed E-state index contributed by atoms with van der Waals surface area (Å²) in [4.78, 5) is 0. The van der Waals surface area contributed by atoms with E-state index in [-0.39, 0.29) is 5.41 Å². The summed E-state index contributed by atoms with van der Waals surface area (Å²) < 4.78 is 5.34. The van der Waals surface area contributed by atoms with Crippen LogP contribution in [0.1, 0.15) is 44.7 Å². The molecule has 0 aromatic heterocycles. The van der Waals surface area contributed by atoms with Crippen molar-refractivity contribution in [3.8, 4) is 5.75 Å². The van der Waals surface area contributed by atoms with Gasteiger partial charge < -0.3 is 10.5 Å². The summed E-state index contributed by atoms with van der Waals surface area (Å²) in [6, 6.07) is 6.51. The van der Waals surface area contributed by atoms with Crippen LogP contribution in [0.25, 0.3) is 0 Å². The fourth-order valence-corrected chi connectivity index (χ4v) is 3.29. The minimum atomic E-state index is 0.168. The lowest BCUT2D eigenvalue weighted by Gasteiger charge is -2.49. The number of hydrogen-bond donors (Lipinski definition) is 1. The van der Waals surface area contributed by atoms with Crippen molar-refractivity contribution in [2.24, 2.45) is 11.1 Å². The zero-order valence-corrected chi connectivity index (χ0v) is 12.0. The molecule has 0 spiro atoms. The molecule has 0 aliphatic heterocycles. The molecule has 1 aliphatic rings. The highest BCUT2D eigenvalue weighted by Gasteiger charge is 2.45. The van der Waals surface area contributed by atoms with Crippen molar-refractivity contribution in [3.63, 3.8) is 0 Å². The predicted octanol–water partition coefficient (Wildman–Crippen LogP) is 3.27. The van der Waals surface area contributed by atoms with Crippen molar-refractivity contribution in [1.82, 2.24) is 0 Å². The van der Waals surface area contributed by atoms with E-state index in [1.165, 1.54) is 17.5 Å². The predicted molar refractivity (Wildman–Crippen MR) is 76.1 cm³/mol. The molecule has 0 amide bonds. The van der Waals surface area contributed by atoms with Gasteiger partial charge in [-0.15, -0.1) is 0 Å². The Balaban J connectivity index is 2.52. The third-order valence-electron chi connectivity index (χ3n) is 5.06. The van der Waals surface area contributed by atoms with Crippen LogP contribution in [0.5, 0.6) is 5.75 Å². The average Bonchev–Trinajstić information content (AvgIpc) is 2.34. The van der Waals surface area contributed by atoms with Crippen LogP contribution in [-0.4, -0.2) is 13.7 Å². The maximum atomic E-state index is 5.85. The number of fused-ring (bicyclic) bond motifs is 1. The summed E-state index contributed by atoms with van der Waals surface area (Å²) in [5, 5.41) is 0. The number of ether oxygens (including phenoxy) is 1. The highest BCUT2D eigenvalue weighted by atomic mass is 16.5. The Kier molecular flexibility index (Phi) is 3.41. The van der Waals surface area contributed by atoms with Gasteiger partial charge in [-0.2, -0.15) is 0 Å². The molecule has 1 aromatic carbocycles. The maximum Gasteiger partial charge on any atom is 0.119 e. The van der Waals surface area contributed by atoms with Gasteiger partial charge in [0.25, 0.3) is 0 Å². The molecule has 0 saturated carbocycles. The van der Waals surface area contributed by atoms with Crippen molar-refractivity contribution in [1.29, 1.82) is 0 Å². The Morgan fingerprint density at radius 3 is 2.61 bits per heavy atom. The minimum absolute atomic E-state index is 0.168. The first kappa shape index (κ1) is 13.4. The van der Waals surface area contributed by atoms with E-state index in [9.17, 15) is 0 Å². The molecule has 0 radical (unpaired) electrons. The Morgan fingerprint density at radius 1 is 1.28 bits per heavy atom. The SMILES string of the molecule is COc1ccc2c(c1)CCC(C)(C)[C@]2(C)CCN. The summed E-state index contributed by atoms with van der Waals surface area (Å²) in [5.41, 5.74) is 9.22. The lowest BCUT2D eigenvalue weighted by Crippen LogP contribution is -2.44. The summed E-state index contributed by atoms with van der Waals surface area (Å²) in [6.45, 7) is 7.85. The number of methoxy groups -OCH3 is 1. The van der Waals surface area contributed by atoms with Gasteiger partial charge in [0.05, 0.1) is 7.11 Å². The lowest BCUT2D eigenvalue weighted by molar-refractivity contribution is 0.138. The number of rotatable bonds is 3. The summed E-state index contributed by atoms with van der Waals surface area (Å²) in [6.07, 6.45) is 3.39. The molecule has 0 bridgehead atoms. The number of hydrogen-bond acceptors (Lipinski definition) is 2. The quantitative estimate of drug-likeness (QED) is 0.889. The van der Waals surface area contributed by atoms with Crippen LogP contribution in [0.3, 0.4) is 0 Å². The molecule has 1 aliphatic carbocycles. The average molecular weight is 247 g/mol. The second-order valence-electron chi connectivity index (χ2n) is 6.28. The molecule has 1 aromatic rings. The first-order chi connectivity index (χ1) is 8.44. The van der Waals surface area contributed by atoms with Gasteiger partial charge in [-0.1, -0.05) is 26.8 Å². The minimum Gasteiger partial charge on any atom is -0.497 e. The highest BCUT2D eigenvalue weighted by molar-refractivity contribution is 5.43. The summed E-state index contributed by atoms with van der Waals surface area (Å²) in [7, 11) is 1.73. The molecular weight excluding hydrogens is 222 g/mol. The zero-order valence-electron chi connectivity index (χ0n) is 12.0. The lowest BCUT2D eigenvalue weighted by atomic mass is 9.55. The topological polar surface area (TPSA) is 35.2 Å². The van der Waals surface area contributed by atoms with Crippen LogP contribution in [0.4, 0.5) is 0 Å². The fraction of sp³-hybridized carbons (Fsp3) is 0.625. The third kappa shape index (κ3) is 1.93. The number of nitrogens with two attached hydrogens (primary N) is 1. The molecular formula is C16H25NO. The monoisotopic (exact) mass is 247 g/mol. The number of benzene rings is 1. The van der Waals surface area contributed by atoms with Crippen LogP contribution in [0, 0.1) is 5.41 Å². The van der Waals surface area contributed by atoms with Gasteiger partial charge in [0.2, 0.25) is 0 Å². The molecule has 2 nitrogen and oxygen atoms in total. The van der Waals surface area contributed by atoms with E-state index >= 15 is 0 Å². The molecule has 1 atom stereocenters. The highest BCUT2D eigenvalue weighted by Crippen LogP contribution is 2.51. The van der Waals surface area contributed by atoms with Crippen LogP contribution < -0.4 is 10.5 Å². The van der Waals surface area contributed by atoms with Gasteiger partial charge in [0.15, 0.2) is 0 Å². The Morgan fingerprint density at radius 2 is 2.00 bits per heavy atom. The molecule has 2 N–H and O–H groups in total. The zero-order chi connectivity index (χ0) is 13.4. The molecule has 0 fully saturated rings. The van der Waals surface area contributed by atoms with E-state index in [1.807, 2.05) is 0 Å². The molecule has 0 saturated heterocycles. The van der Waals surface area contributed by atoms with Gasteiger partial charge in [-0.25, -0.2) is 0 Å². The summed E-state index contributed by atoms with van der Waals surface area (Å²) >= 11 is 0. The van der Waals surface area contributed by atoms with E-state index in [0.29, 0.717) is 5.41 Å². The van der Waals surface area contributed by atoms with Gasteiger partial charge >= 0.3 is 0 Å². The summed E-state index contributed by atoms with van der Waals surface area (Å²) in [5.74, 6) is 0.962. The van der Waals surface area contributed by atoms with Crippen molar-refractivity contribution in [3.05, 3.63) is 29.3 Å². The first-order valence-electron chi connectivity index (χ1n) is 6.82. The maximum absolute atomic E-state index is 5.85. The van der Waals surface area contributed by atoms with Gasteiger partial charge in [-0.05, 0) is 59.9 Å². The molecule has 2 heteroatoms.